The van der Waals surface area contributed by atoms with Crippen LogP contribution >= 0.6 is 24.0 Å². The minimum Gasteiger partial charge on any atom is -0.484 e. The molecule has 0 aliphatic carbocycles. The van der Waals surface area contributed by atoms with Crippen LogP contribution in [-0.2, 0) is 11.3 Å². The Kier molecular flexibility index (Phi) is 6.08. The van der Waals surface area contributed by atoms with Crippen LogP contribution in [0.5, 0.6) is 5.75 Å². The zero-order valence-corrected chi connectivity index (χ0v) is 9.48. The van der Waals surface area contributed by atoms with Crippen LogP contribution < -0.4 is 16.2 Å². The number of carbonyl (C=O) groups excluding carboxylic acids is 1. The van der Waals surface area contributed by atoms with Crippen molar-refractivity contribution in [3.8, 4) is 5.75 Å². The van der Waals surface area contributed by atoms with Gasteiger partial charge in [0.05, 0.1) is 0 Å². The molecule has 0 bridgehead atoms. The van der Waals surface area contributed by atoms with E-state index in [1.54, 1.807) is 18.2 Å². The van der Waals surface area contributed by atoms with E-state index in [4.69, 9.17) is 27.8 Å². The smallest absolute Gasteiger partial charge is 0.255 e. The van der Waals surface area contributed by atoms with Crippen molar-refractivity contribution >= 4 is 29.9 Å². The maximum absolute atomic E-state index is 10.4. The first-order valence-corrected chi connectivity index (χ1v) is 4.41. The van der Waals surface area contributed by atoms with E-state index in [2.05, 4.69) is 0 Å². The van der Waals surface area contributed by atoms with Crippen molar-refractivity contribution in [2.24, 2.45) is 11.5 Å². The van der Waals surface area contributed by atoms with Gasteiger partial charge >= 0.3 is 0 Å². The van der Waals surface area contributed by atoms with E-state index in [1.807, 2.05) is 0 Å². The topological polar surface area (TPSA) is 78.3 Å². The fraction of sp³-hybridized carbons (Fsp3) is 0.222. The van der Waals surface area contributed by atoms with Crippen LogP contribution in [0.25, 0.3) is 0 Å². The van der Waals surface area contributed by atoms with Gasteiger partial charge in [-0.05, 0) is 23.8 Å². The molecule has 0 saturated heterocycles. The highest BCUT2D eigenvalue weighted by Crippen LogP contribution is 2.21. The van der Waals surface area contributed by atoms with E-state index in [0.717, 1.165) is 5.56 Å². The molecule has 84 valence electrons. The van der Waals surface area contributed by atoms with Crippen molar-refractivity contribution in [3.63, 3.8) is 0 Å². The van der Waals surface area contributed by atoms with Crippen LogP contribution in [0.2, 0.25) is 5.02 Å². The number of halogens is 2. The Bertz CT molecular complexity index is 345. The summed E-state index contributed by atoms with van der Waals surface area (Å²) in [5.41, 5.74) is 11.1. The monoisotopic (exact) mass is 250 g/mol. The van der Waals surface area contributed by atoms with Gasteiger partial charge in [-0.25, -0.2) is 0 Å². The summed E-state index contributed by atoms with van der Waals surface area (Å²) in [6, 6.07) is 5.01. The van der Waals surface area contributed by atoms with E-state index >= 15 is 0 Å². The van der Waals surface area contributed by atoms with Crippen LogP contribution in [0.15, 0.2) is 18.2 Å². The highest BCUT2D eigenvalue weighted by Gasteiger charge is 2.02. The van der Waals surface area contributed by atoms with E-state index in [-0.39, 0.29) is 19.0 Å². The lowest BCUT2D eigenvalue weighted by Crippen LogP contribution is -2.20. The first-order valence-electron chi connectivity index (χ1n) is 4.03. The second-order valence-corrected chi connectivity index (χ2v) is 3.12. The van der Waals surface area contributed by atoms with Crippen LogP contribution in [-0.4, -0.2) is 12.5 Å². The van der Waals surface area contributed by atoms with Crippen LogP contribution in [0, 0.1) is 0 Å². The maximum Gasteiger partial charge on any atom is 0.255 e. The average molecular weight is 251 g/mol. The third-order valence-electron chi connectivity index (χ3n) is 1.62. The number of rotatable bonds is 4. The molecule has 1 rings (SSSR count). The van der Waals surface area contributed by atoms with Gasteiger partial charge in [0.15, 0.2) is 6.61 Å². The molecule has 4 N–H and O–H groups in total. The lowest BCUT2D eigenvalue weighted by molar-refractivity contribution is -0.119. The number of amides is 1. The molecule has 0 aromatic heterocycles. The maximum atomic E-state index is 10.4. The minimum absolute atomic E-state index is 0. The molecule has 0 spiro atoms. The van der Waals surface area contributed by atoms with Gasteiger partial charge in [0.2, 0.25) is 0 Å². The number of primary amides is 1. The zero-order valence-electron chi connectivity index (χ0n) is 7.90. The van der Waals surface area contributed by atoms with Gasteiger partial charge in [-0.2, -0.15) is 0 Å². The minimum atomic E-state index is -0.519. The number of benzene rings is 1. The standard InChI is InChI=1S/C9H11ClN2O2.ClH/c10-8-2-1-7(3-6(8)4-11)14-5-9(12)13;/h1-3H,4-5,11H2,(H2,12,13);1H. The molecule has 15 heavy (non-hydrogen) atoms. The molecule has 0 saturated carbocycles. The lowest BCUT2D eigenvalue weighted by Gasteiger charge is -2.06. The molecule has 0 aliphatic rings. The predicted octanol–water partition coefficient (Wildman–Crippen LogP) is 1.08. The van der Waals surface area contributed by atoms with Crippen LogP contribution in [0.3, 0.4) is 0 Å². The van der Waals surface area contributed by atoms with Gasteiger partial charge in [0.1, 0.15) is 5.75 Å². The van der Waals surface area contributed by atoms with Crippen LogP contribution in [0.1, 0.15) is 5.56 Å². The van der Waals surface area contributed by atoms with Gasteiger partial charge in [-0.3, -0.25) is 4.79 Å². The summed E-state index contributed by atoms with van der Waals surface area (Å²) in [6.45, 7) is 0.179. The van der Waals surface area contributed by atoms with Crippen molar-refractivity contribution in [2.75, 3.05) is 6.61 Å². The number of hydrogen-bond acceptors (Lipinski definition) is 3. The molecular formula is C9H12Cl2N2O2. The normalized spacial score (nSPS) is 9.20. The van der Waals surface area contributed by atoms with Crippen molar-refractivity contribution in [2.45, 2.75) is 6.54 Å². The van der Waals surface area contributed by atoms with Crippen molar-refractivity contribution in [3.05, 3.63) is 28.8 Å². The second-order valence-electron chi connectivity index (χ2n) is 2.71. The molecule has 0 radical (unpaired) electrons. The fourth-order valence-electron chi connectivity index (χ4n) is 0.952. The Morgan fingerprint density at radius 1 is 1.47 bits per heavy atom. The first kappa shape index (κ1) is 14.0. The van der Waals surface area contributed by atoms with Gasteiger partial charge in [-0.15, -0.1) is 12.4 Å². The van der Waals surface area contributed by atoms with E-state index in [0.29, 0.717) is 17.3 Å². The van der Waals surface area contributed by atoms with Crippen molar-refractivity contribution in [1.82, 2.24) is 0 Å². The Labute approximate surface area is 98.9 Å². The predicted molar refractivity (Wildman–Crippen MR) is 61.3 cm³/mol. The molecule has 1 amide bonds. The summed E-state index contributed by atoms with van der Waals surface area (Å²) < 4.78 is 5.08. The number of ether oxygens (including phenoxy) is 1. The Morgan fingerprint density at radius 3 is 2.67 bits per heavy atom. The largest absolute Gasteiger partial charge is 0.484 e. The highest BCUT2D eigenvalue weighted by molar-refractivity contribution is 6.31. The average Bonchev–Trinajstić information content (AvgIpc) is 2.16. The Balaban J connectivity index is 0.00000196. The van der Waals surface area contributed by atoms with Crippen molar-refractivity contribution in [1.29, 1.82) is 0 Å². The molecule has 0 atom stereocenters. The summed E-state index contributed by atoms with van der Waals surface area (Å²) in [5, 5.41) is 0.582. The van der Waals surface area contributed by atoms with Crippen molar-refractivity contribution < 1.29 is 9.53 Å². The van der Waals surface area contributed by atoms with E-state index in [1.165, 1.54) is 0 Å². The molecule has 0 heterocycles. The molecule has 0 unspecified atom stereocenters. The quantitative estimate of drug-likeness (QED) is 0.840. The summed E-state index contributed by atoms with van der Waals surface area (Å²) in [7, 11) is 0. The fourth-order valence-corrected chi connectivity index (χ4v) is 1.15. The summed E-state index contributed by atoms with van der Waals surface area (Å²) in [6.07, 6.45) is 0. The Hall–Kier alpha value is -0.970. The highest BCUT2D eigenvalue weighted by atomic mass is 35.5. The molecule has 1 aromatic carbocycles. The molecular weight excluding hydrogens is 239 g/mol. The van der Waals surface area contributed by atoms with Gasteiger partial charge < -0.3 is 16.2 Å². The number of nitrogens with two attached hydrogens (primary N) is 2. The first-order chi connectivity index (χ1) is 6.63. The third-order valence-corrected chi connectivity index (χ3v) is 1.99. The van der Waals surface area contributed by atoms with Gasteiger partial charge in [-0.1, -0.05) is 11.6 Å². The molecule has 4 nitrogen and oxygen atoms in total. The summed E-state index contributed by atoms with van der Waals surface area (Å²) in [5.74, 6) is 0.0166. The molecule has 0 fully saturated rings. The number of carbonyl (C=O) groups is 1. The van der Waals surface area contributed by atoms with Crippen LogP contribution in [0.4, 0.5) is 0 Å². The van der Waals surface area contributed by atoms with E-state index < -0.39 is 5.91 Å². The Morgan fingerprint density at radius 2 is 2.13 bits per heavy atom. The molecule has 6 heteroatoms. The summed E-state index contributed by atoms with van der Waals surface area (Å²) in [4.78, 5) is 10.4. The SMILES string of the molecule is Cl.NCc1cc(OCC(N)=O)ccc1Cl. The van der Waals surface area contributed by atoms with Gasteiger partial charge in [0.25, 0.3) is 5.91 Å². The second kappa shape index (κ2) is 6.50. The zero-order chi connectivity index (χ0) is 10.6. The molecule has 0 aliphatic heterocycles. The lowest BCUT2D eigenvalue weighted by atomic mass is 10.2. The van der Waals surface area contributed by atoms with Gasteiger partial charge in [0, 0.05) is 11.6 Å². The molecule has 1 aromatic rings. The summed E-state index contributed by atoms with van der Waals surface area (Å²) >= 11 is 5.83. The third kappa shape index (κ3) is 4.38. The number of hydrogen-bond donors (Lipinski definition) is 2. The van der Waals surface area contributed by atoms with E-state index in [9.17, 15) is 4.79 Å².